The number of amides is 1. The Kier molecular flexibility index (Phi) is 6.89. The van der Waals surface area contributed by atoms with Crippen LogP contribution in [-0.2, 0) is 13.0 Å². The first-order valence-corrected chi connectivity index (χ1v) is 11.3. The fraction of sp³-hybridized carbons (Fsp3) is 0.214. The van der Waals surface area contributed by atoms with E-state index < -0.39 is 5.91 Å². The van der Waals surface area contributed by atoms with Gasteiger partial charge in [-0.05, 0) is 61.7 Å². The molecule has 4 rings (SSSR count). The Morgan fingerprint density at radius 2 is 1.76 bits per heavy atom. The fourth-order valence-electron chi connectivity index (χ4n) is 4.22. The number of unbranched alkanes of at least 4 members (excludes halogenated alkanes) is 1. The molecule has 1 amide bonds. The van der Waals surface area contributed by atoms with Crippen LogP contribution in [0.15, 0.2) is 79.0 Å². The van der Waals surface area contributed by atoms with Crippen molar-refractivity contribution in [2.45, 2.75) is 39.7 Å². The number of pyridine rings is 1. The molecule has 0 spiro atoms. The quantitative estimate of drug-likeness (QED) is 0.340. The maximum atomic E-state index is 12.6. The van der Waals surface area contributed by atoms with Gasteiger partial charge in [-0.3, -0.25) is 9.78 Å². The number of primary amides is 1. The summed E-state index contributed by atoms with van der Waals surface area (Å²) in [5, 5.41) is 0. The normalized spacial score (nSPS) is 10.8. The molecule has 5 heteroatoms. The van der Waals surface area contributed by atoms with E-state index in [2.05, 4.69) is 16.5 Å². The number of nitrogens with zero attached hydrogens (tertiary/aromatic N) is 2. The lowest BCUT2D eigenvalue weighted by molar-refractivity contribution is 0.1000. The van der Waals surface area contributed by atoms with Crippen molar-refractivity contribution in [2.75, 3.05) is 0 Å². The lowest BCUT2D eigenvalue weighted by atomic mass is 9.97. The van der Waals surface area contributed by atoms with Crippen molar-refractivity contribution in [3.05, 3.63) is 102 Å². The van der Waals surface area contributed by atoms with Crippen molar-refractivity contribution in [2.24, 2.45) is 5.73 Å². The van der Waals surface area contributed by atoms with Gasteiger partial charge in [-0.2, -0.15) is 0 Å². The van der Waals surface area contributed by atoms with Gasteiger partial charge in [0, 0.05) is 23.1 Å². The van der Waals surface area contributed by atoms with Gasteiger partial charge < -0.3 is 15.0 Å². The van der Waals surface area contributed by atoms with Crippen molar-refractivity contribution in [3.8, 4) is 22.6 Å². The average Bonchev–Trinajstić information content (AvgIpc) is 3.10. The standard InChI is InChI=1S/C28H29N3O2/c1-3-4-16-25-27(21-11-10-15-24(18-21)33-23-13-6-5-7-14-23)26(28(29)32)20(2)31(25)19-22-12-8-9-17-30-22/h5-15,17-18H,3-4,16,19H2,1-2H3,(H2,29,32). The predicted octanol–water partition coefficient (Wildman–Crippen LogP) is 6.14. The van der Waals surface area contributed by atoms with E-state index in [4.69, 9.17) is 10.5 Å². The summed E-state index contributed by atoms with van der Waals surface area (Å²) in [7, 11) is 0. The molecule has 33 heavy (non-hydrogen) atoms. The molecule has 2 aromatic heterocycles. The molecule has 0 unspecified atom stereocenters. The SMILES string of the molecule is CCCCc1c(-c2cccc(Oc3ccccc3)c2)c(C(N)=O)c(C)n1Cc1ccccn1. The second-order valence-electron chi connectivity index (χ2n) is 8.10. The third-order valence-electron chi connectivity index (χ3n) is 5.79. The van der Waals surface area contributed by atoms with Crippen LogP contribution in [0.2, 0.25) is 0 Å². The highest BCUT2D eigenvalue weighted by atomic mass is 16.5. The summed E-state index contributed by atoms with van der Waals surface area (Å²) in [6.45, 7) is 4.72. The van der Waals surface area contributed by atoms with Crippen LogP contribution in [0, 0.1) is 6.92 Å². The highest BCUT2D eigenvalue weighted by Gasteiger charge is 2.25. The van der Waals surface area contributed by atoms with Gasteiger partial charge in [-0.15, -0.1) is 0 Å². The largest absolute Gasteiger partial charge is 0.457 e. The van der Waals surface area contributed by atoms with Gasteiger partial charge >= 0.3 is 0 Å². The van der Waals surface area contributed by atoms with Crippen LogP contribution in [0.4, 0.5) is 0 Å². The summed E-state index contributed by atoms with van der Waals surface area (Å²) in [5.74, 6) is 1.06. The molecule has 0 bridgehead atoms. The molecular formula is C28H29N3O2. The van der Waals surface area contributed by atoms with Crippen molar-refractivity contribution in [1.82, 2.24) is 9.55 Å². The number of nitrogens with two attached hydrogens (primary N) is 1. The summed E-state index contributed by atoms with van der Waals surface area (Å²) < 4.78 is 8.25. The number of carbonyl (C=O) groups is 1. The molecule has 0 aliphatic carbocycles. The van der Waals surface area contributed by atoms with Crippen LogP contribution < -0.4 is 10.5 Å². The average molecular weight is 440 g/mol. The third-order valence-corrected chi connectivity index (χ3v) is 5.79. The van der Waals surface area contributed by atoms with E-state index in [-0.39, 0.29) is 0 Å². The van der Waals surface area contributed by atoms with E-state index >= 15 is 0 Å². The molecule has 0 atom stereocenters. The third kappa shape index (κ3) is 4.98. The molecule has 0 radical (unpaired) electrons. The zero-order valence-electron chi connectivity index (χ0n) is 19.1. The van der Waals surface area contributed by atoms with Crippen LogP contribution >= 0.6 is 0 Å². The van der Waals surface area contributed by atoms with E-state index in [0.717, 1.165) is 53.2 Å². The van der Waals surface area contributed by atoms with E-state index in [1.54, 1.807) is 6.20 Å². The summed E-state index contributed by atoms with van der Waals surface area (Å²) in [4.78, 5) is 17.1. The minimum Gasteiger partial charge on any atom is -0.457 e. The Morgan fingerprint density at radius 3 is 2.45 bits per heavy atom. The Bertz CT molecular complexity index is 1230. The first kappa shape index (κ1) is 22.3. The van der Waals surface area contributed by atoms with Gasteiger partial charge in [-0.25, -0.2) is 0 Å². The molecular weight excluding hydrogens is 410 g/mol. The van der Waals surface area contributed by atoms with E-state index in [1.807, 2.05) is 79.7 Å². The number of hydrogen-bond acceptors (Lipinski definition) is 3. The first-order chi connectivity index (χ1) is 16.1. The number of aromatic nitrogens is 2. The van der Waals surface area contributed by atoms with Gasteiger partial charge in [-0.1, -0.05) is 49.7 Å². The van der Waals surface area contributed by atoms with Gasteiger partial charge in [0.25, 0.3) is 5.91 Å². The summed E-state index contributed by atoms with van der Waals surface area (Å²) in [6.07, 6.45) is 4.70. The Morgan fingerprint density at radius 1 is 1.00 bits per heavy atom. The molecule has 0 fully saturated rings. The highest BCUT2D eigenvalue weighted by molar-refractivity contribution is 6.02. The van der Waals surface area contributed by atoms with Gasteiger partial charge in [0.1, 0.15) is 11.5 Å². The van der Waals surface area contributed by atoms with Crippen LogP contribution in [0.25, 0.3) is 11.1 Å². The monoisotopic (exact) mass is 439 g/mol. The van der Waals surface area contributed by atoms with Gasteiger partial charge in [0.2, 0.25) is 0 Å². The molecule has 4 aromatic rings. The van der Waals surface area contributed by atoms with Crippen LogP contribution in [0.5, 0.6) is 11.5 Å². The number of hydrogen-bond donors (Lipinski definition) is 1. The molecule has 168 valence electrons. The number of para-hydroxylation sites is 1. The van der Waals surface area contributed by atoms with E-state index in [0.29, 0.717) is 17.9 Å². The maximum absolute atomic E-state index is 12.6. The zero-order chi connectivity index (χ0) is 23.2. The minimum atomic E-state index is -0.422. The second kappa shape index (κ2) is 10.2. The smallest absolute Gasteiger partial charge is 0.251 e. The van der Waals surface area contributed by atoms with E-state index in [1.165, 1.54) is 0 Å². The van der Waals surface area contributed by atoms with Crippen LogP contribution in [0.1, 0.15) is 47.2 Å². The lowest BCUT2D eigenvalue weighted by Crippen LogP contribution is -2.14. The van der Waals surface area contributed by atoms with Gasteiger partial charge in [0.15, 0.2) is 0 Å². The Hall–Kier alpha value is -3.86. The summed E-state index contributed by atoms with van der Waals surface area (Å²) in [6, 6.07) is 23.4. The summed E-state index contributed by atoms with van der Waals surface area (Å²) >= 11 is 0. The highest BCUT2D eigenvalue weighted by Crippen LogP contribution is 2.36. The number of rotatable bonds is 9. The number of benzene rings is 2. The summed E-state index contributed by atoms with van der Waals surface area (Å²) in [5.41, 5.74) is 11.2. The zero-order valence-corrected chi connectivity index (χ0v) is 19.1. The molecule has 0 aliphatic heterocycles. The lowest BCUT2D eigenvalue weighted by Gasteiger charge is -2.13. The molecule has 0 saturated carbocycles. The number of carbonyl (C=O) groups excluding carboxylic acids is 1. The predicted molar refractivity (Wildman–Crippen MR) is 132 cm³/mol. The van der Waals surface area contributed by atoms with Crippen molar-refractivity contribution in [3.63, 3.8) is 0 Å². The maximum Gasteiger partial charge on any atom is 0.251 e. The van der Waals surface area contributed by atoms with Crippen molar-refractivity contribution in [1.29, 1.82) is 0 Å². The second-order valence-corrected chi connectivity index (χ2v) is 8.10. The molecule has 2 heterocycles. The molecule has 5 nitrogen and oxygen atoms in total. The molecule has 0 aliphatic rings. The Balaban J connectivity index is 1.83. The van der Waals surface area contributed by atoms with Gasteiger partial charge in [0.05, 0.1) is 17.8 Å². The van der Waals surface area contributed by atoms with Crippen molar-refractivity contribution >= 4 is 5.91 Å². The Labute approximate surface area is 194 Å². The first-order valence-electron chi connectivity index (χ1n) is 11.3. The van der Waals surface area contributed by atoms with Crippen LogP contribution in [-0.4, -0.2) is 15.5 Å². The fourth-order valence-corrected chi connectivity index (χ4v) is 4.22. The molecule has 0 saturated heterocycles. The topological polar surface area (TPSA) is 70.1 Å². The van der Waals surface area contributed by atoms with Crippen molar-refractivity contribution < 1.29 is 9.53 Å². The molecule has 2 aromatic carbocycles. The molecule has 2 N–H and O–H groups in total. The van der Waals surface area contributed by atoms with E-state index in [9.17, 15) is 4.79 Å². The number of ether oxygens (including phenoxy) is 1. The minimum absolute atomic E-state index is 0.422. The van der Waals surface area contributed by atoms with Crippen LogP contribution in [0.3, 0.4) is 0 Å².